The van der Waals surface area contributed by atoms with Crippen LogP contribution in [0.25, 0.3) is 17.2 Å². The molecule has 3 aromatic heterocycles. The number of carbonyl (C=O) groups excluding carboxylic acids is 2. The van der Waals surface area contributed by atoms with Crippen molar-refractivity contribution in [3.8, 4) is 17.1 Å². The van der Waals surface area contributed by atoms with Crippen molar-refractivity contribution in [2.75, 3.05) is 31.5 Å². The number of hydrogen-bond acceptors (Lipinski definition) is 10. The lowest BCUT2D eigenvalue weighted by atomic mass is 9.85. The van der Waals surface area contributed by atoms with Gasteiger partial charge in [0.15, 0.2) is 23.1 Å². The molecule has 57 heavy (non-hydrogen) atoms. The summed E-state index contributed by atoms with van der Waals surface area (Å²) in [4.78, 5) is 57.7. The lowest BCUT2D eigenvalue weighted by molar-refractivity contribution is -0.137. The molecule has 20 heteroatoms. The molecule has 0 bridgehead atoms. The number of ether oxygens (including phenoxy) is 1. The highest BCUT2D eigenvalue weighted by molar-refractivity contribution is 6.33. The summed E-state index contributed by atoms with van der Waals surface area (Å²) in [6, 6.07) is 5.64. The Bertz CT molecular complexity index is 2530. The number of amides is 2. The second-order valence-electron chi connectivity index (χ2n) is 14.3. The van der Waals surface area contributed by atoms with Crippen molar-refractivity contribution in [1.82, 2.24) is 38.9 Å². The lowest BCUT2D eigenvalue weighted by Crippen LogP contribution is -2.47. The number of aryl methyl sites for hydroxylation is 1. The van der Waals surface area contributed by atoms with Crippen molar-refractivity contribution in [3.05, 3.63) is 96.6 Å². The molecule has 1 spiro atoms. The molecule has 2 aromatic carbocycles. The van der Waals surface area contributed by atoms with Crippen molar-refractivity contribution in [2.24, 2.45) is 0 Å². The number of halogens is 6. The quantitative estimate of drug-likeness (QED) is 0.189. The van der Waals surface area contributed by atoms with Gasteiger partial charge in [0.05, 0.1) is 49.9 Å². The number of likely N-dealkylation sites (tertiary alicyclic amines) is 2. The Morgan fingerprint density at radius 2 is 1.82 bits per heavy atom. The minimum atomic E-state index is -4.66. The fourth-order valence-electron chi connectivity index (χ4n) is 7.65. The van der Waals surface area contributed by atoms with Gasteiger partial charge in [-0.3, -0.25) is 19.3 Å². The van der Waals surface area contributed by atoms with Gasteiger partial charge in [-0.1, -0.05) is 29.3 Å². The average molecular weight is 831 g/mol. The monoisotopic (exact) mass is 829 g/mol. The molecular weight excluding hydrogens is 797 g/mol. The molecule has 3 aliphatic rings. The molecule has 0 radical (unpaired) electrons. The van der Waals surface area contributed by atoms with E-state index in [4.69, 9.17) is 27.9 Å². The van der Waals surface area contributed by atoms with Gasteiger partial charge in [0, 0.05) is 19.6 Å². The van der Waals surface area contributed by atoms with E-state index >= 15 is 4.39 Å². The van der Waals surface area contributed by atoms with E-state index < -0.39 is 53.2 Å². The number of nitrogens with zero attached hydrogens (tertiary/aromatic N) is 8. The van der Waals surface area contributed by atoms with Crippen LogP contribution in [0.2, 0.25) is 10.0 Å². The first kappa shape index (κ1) is 38.7. The number of hydrogen-bond donors (Lipinski definition) is 2. The minimum absolute atomic E-state index is 0.0859. The van der Waals surface area contributed by atoms with E-state index in [-0.39, 0.29) is 87.2 Å². The van der Waals surface area contributed by atoms with Crippen LogP contribution in [0, 0.1) is 12.7 Å². The number of carbonyl (C=O) groups is 2. The van der Waals surface area contributed by atoms with Crippen LogP contribution in [0.1, 0.15) is 70.9 Å². The van der Waals surface area contributed by atoms with Crippen molar-refractivity contribution in [3.63, 3.8) is 0 Å². The molecule has 2 N–H and O–H groups in total. The van der Waals surface area contributed by atoms with E-state index in [1.807, 2.05) is 0 Å². The van der Waals surface area contributed by atoms with Crippen LogP contribution in [-0.4, -0.2) is 82.0 Å². The number of piperidine rings is 1. The fraction of sp³-hybridized carbons (Fsp3) is 0.378. The van der Waals surface area contributed by atoms with Gasteiger partial charge in [0.1, 0.15) is 18.5 Å². The van der Waals surface area contributed by atoms with Gasteiger partial charge >= 0.3 is 6.18 Å². The average Bonchev–Trinajstić information content (AvgIpc) is 3.71. The minimum Gasteiger partial charge on any atom is -0.504 e. The SMILES string of the molecule is Cc1ncnc(C(=O)N2CCC3(CC2)OC(C)c2c3c(=O)n3nc(-c4ccc(CN5CCC5)c(Cl)c4F)nc3n2CC(=O)Nc2ccc(C(F)(F)F)cc2Cl)c1O. The molecule has 3 aliphatic heterocycles. The first-order chi connectivity index (χ1) is 27.1. The summed E-state index contributed by atoms with van der Waals surface area (Å²) < 4.78 is 64.7. The Balaban J connectivity index is 1.19. The standard InChI is InChI=1S/C37H33Cl2F4N9O5/c1-18-31(54)29(45-17-44-18)34(56)50-12-8-36(9-13-50)26-30(19(2)57-36)51(16-25(53)46-24-7-5-21(14-23(24)38)37(41,42)43)35-47-32(48-52(35)33(26)55)22-6-4-20(27(39)28(22)40)15-49-10-3-11-49/h4-7,14,17,19,54H,3,8-13,15-16H2,1-2H3,(H,46,53). The molecule has 0 saturated carbocycles. The molecule has 5 aromatic rings. The molecule has 1 unspecified atom stereocenters. The molecule has 8 rings (SSSR count). The van der Waals surface area contributed by atoms with Crippen LogP contribution >= 0.6 is 23.2 Å². The smallest absolute Gasteiger partial charge is 0.416 e. The summed E-state index contributed by atoms with van der Waals surface area (Å²) in [5.41, 5.74) is -2.04. The van der Waals surface area contributed by atoms with Crippen LogP contribution in [0.4, 0.5) is 23.2 Å². The lowest BCUT2D eigenvalue weighted by Gasteiger charge is -2.39. The Morgan fingerprint density at radius 3 is 2.49 bits per heavy atom. The van der Waals surface area contributed by atoms with Crippen LogP contribution in [0.3, 0.4) is 0 Å². The molecule has 2 fully saturated rings. The van der Waals surface area contributed by atoms with E-state index in [1.165, 1.54) is 28.8 Å². The second kappa shape index (κ2) is 14.3. The molecule has 298 valence electrons. The van der Waals surface area contributed by atoms with E-state index in [0.29, 0.717) is 18.2 Å². The molecule has 1 atom stereocenters. The van der Waals surface area contributed by atoms with Crippen LogP contribution in [0.15, 0.2) is 41.5 Å². The summed E-state index contributed by atoms with van der Waals surface area (Å²) >= 11 is 12.6. The van der Waals surface area contributed by atoms with Gasteiger partial charge in [-0.25, -0.2) is 14.4 Å². The van der Waals surface area contributed by atoms with Gasteiger partial charge < -0.3 is 24.6 Å². The summed E-state index contributed by atoms with van der Waals surface area (Å²) in [6.45, 7) is 5.04. The Labute approximate surface area is 331 Å². The highest BCUT2D eigenvalue weighted by Gasteiger charge is 2.51. The topological polar surface area (TPSA) is 160 Å². The number of aromatic nitrogens is 6. The van der Waals surface area contributed by atoms with Crippen molar-refractivity contribution < 1.29 is 37.0 Å². The van der Waals surface area contributed by atoms with Gasteiger partial charge in [-0.15, -0.1) is 5.10 Å². The number of benzene rings is 2. The number of anilines is 1. The fourth-order valence-corrected chi connectivity index (χ4v) is 8.10. The molecule has 0 aliphatic carbocycles. The summed E-state index contributed by atoms with van der Waals surface area (Å²) in [5.74, 6) is -2.74. The van der Waals surface area contributed by atoms with Crippen molar-refractivity contribution >= 4 is 46.5 Å². The van der Waals surface area contributed by atoms with E-state index in [2.05, 4.69) is 30.3 Å². The molecule has 6 heterocycles. The molecular formula is C37H33Cl2F4N9O5. The molecule has 2 amide bonds. The van der Waals surface area contributed by atoms with E-state index in [0.717, 1.165) is 36.2 Å². The van der Waals surface area contributed by atoms with Crippen molar-refractivity contribution in [1.29, 1.82) is 0 Å². The zero-order chi connectivity index (χ0) is 40.6. The molecule has 2 saturated heterocycles. The summed E-state index contributed by atoms with van der Waals surface area (Å²) in [6.07, 6.45) is -3.02. The summed E-state index contributed by atoms with van der Waals surface area (Å²) in [7, 11) is 0. The molecule has 14 nitrogen and oxygen atoms in total. The van der Waals surface area contributed by atoms with Crippen LogP contribution < -0.4 is 10.9 Å². The zero-order valence-electron chi connectivity index (χ0n) is 30.3. The Morgan fingerprint density at radius 1 is 1.09 bits per heavy atom. The largest absolute Gasteiger partial charge is 0.504 e. The first-order valence-electron chi connectivity index (χ1n) is 17.9. The predicted octanol–water partition coefficient (Wildman–Crippen LogP) is 5.89. The maximum atomic E-state index is 15.9. The zero-order valence-corrected chi connectivity index (χ0v) is 31.8. The Hall–Kier alpha value is -5.17. The van der Waals surface area contributed by atoms with E-state index in [1.54, 1.807) is 13.0 Å². The third-order valence-electron chi connectivity index (χ3n) is 10.7. The van der Waals surface area contributed by atoms with Gasteiger partial charge in [0.25, 0.3) is 11.5 Å². The maximum absolute atomic E-state index is 15.9. The highest BCUT2D eigenvalue weighted by Crippen LogP contribution is 2.48. The first-order valence-corrected chi connectivity index (χ1v) is 18.7. The number of fused-ring (bicyclic) bond motifs is 3. The number of rotatable bonds is 7. The van der Waals surface area contributed by atoms with Gasteiger partial charge in [-0.2, -0.15) is 22.7 Å². The van der Waals surface area contributed by atoms with Crippen molar-refractivity contribution in [2.45, 2.75) is 64.1 Å². The maximum Gasteiger partial charge on any atom is 0.416 e. The number of nitrogens with one attached hydrogen (secondary N) is 1. The van der Waals surface area contributed by atoms with E-state index in [9.17, 15) is 32.7 Å². The van der Waals surface area contributed by atoms with Crippen LogP contribution in [-0.2, 0) is 34.4 Å². The Kier molecular flexibility index (Phi) is 9.73. The number of aromatic hydroxyl groups is 1. The number of alkyl halides is 3. The third kappa shape index (κ3) is 6.77. The predicted molar refractivity (Wildman–Crippen MR) is 197 cm³/mol. The van der Waals surface area contributed by atoms with Crippen LogP contribution in [0.5, 0.6) is 5.75 Å². The third-order valence-corrected chi connectivity index (χ3v) is 11.4. The van der Waals surface area contributed by atoms with Gasteiger partial charge in [-0.05, 0) is 76.0 Å². The highest BCUT2D eigenvalue weighted by atomic mass is 35.5. The van der Waals surface area contributed by atoms with Gasteiger partial charge in [0.2, 0.25) is 11.7 Å². The second-order valence-corrected chi connectivity index (χ2v) is 15.1. The summed E-state index contributed by atoms with van der Waals surface area (Å²) in [5, 5.41) is 16.9. The normalized spacial score (nSPS) is 17.9.